The molecule has 0 spiro atoms. The maximum Gasteiger partial charge on any atom is 0.318 e. The zero-order valence-corrected chi connectivity index (χ0v) is 15.6. The zero-order chi connectivity index (χ0) is 19.6. The number of carboxylic acids is 1. The SMILES string of the molecule is COc1ccc(S(=O)(=O)N2CC(CCC(=O)O)c3cnc(OC)nc32)cc1. The molecule has 1 aromatic carbocycles. The number of carbonyl (C=O) groups is 1. The second-order valence-electron chi connectivity index (χ2n) is 5.98. The Morgan fingerprint density at radius 3 is 2.56 bits per heavy atom. The number of methoxy groups -OCH3 is 2. The fourth-order valence-corrected chi connectivity index (χ4v) is 4.45. The van der Waals surface area contributed by atoms with Crippen LogP contribution in [-0.2, 0) is 14.8 Å². The molecule has 0 bridgehead atoms. The van der Waals surface area contributed by atoms with Gasteiger partial charge in [-0.3, -0.25) is 4.79 Å². The molecule has 0 amide bonds. The number of anilines is 1. The Kier molecular flexibility index (Phi) is 5.17. The van der Waals surface area contributed by atoms with E-state index in [1.165, 1.54) is 36.9 Å². The molecule has 0 saturated carbocycles. The summed E-state index contributed by atoms with van der Waals surface area (Å²) in [5.41, 5.74) is 0.592. The molecule has 1 aliphatic rings. The zero-order valence-electron chi connectivity index (χ0n) is 14.8. The molecule has 1 N–H and O–H groups in total. The summed E-state index contributed by atoms with van der Waals surface area (Å²) >= 11 is 0. The van der Waals surface area contributed by atoms with Crippen LogP contribution in [0.1, 0.15) is 24.3 Å². The number of hydrogen-bond donors (Lipinski definition) is 1. The lowest BCUT2D eigenvalue weighted by molar-refractivity contribution is -0.137. The van der Waals surface area contributed by atoms with E-state index in [1.807, 2.05) is 0 Å². The number of fused-ring (bicyclic) bond motifs is 1. The third-order valence-corrected chi connectivity index (χ3v) is 6.14. The average molecular weight is 393 g/mol. The number of ether oxygens (including phenoxy) is 2. The van der Waals surface area contributed by atoms with Gasteiger partial charge in [0.2, 0.25) is 0 Å². The second kappa shape index (κ2) is 7.39. The van der Waals surface area contributed by atoms with Gasteiger partial charge in [-0.2, -0.15) is 4.98 Å². The Morgan fingerprint density at radius 1 is 1.26 bits per heavy atom. The normalized spacial score (nSPS) is 16.1. The van der Waals surface area contributed by atoms with Crippen molar-refractivity contribution in [3.05, 3.63) is 36.0 Å². The first kappa shape index (κ1) is 18.9. The van der Waals surface area contributed by atoms with Gasteiger partial charge in [-0.1, -0.05) is 0 Å². The van der Waals surface area contributed by atoms with E-state index in [9.17, 15) is 13.2 Å². The number of benzene rings is 1. The molecule has 0 aliphatic carbocycles. The highest BCUT2D eigenvalue weighted by molar-refractivity contribution is 7.92. The van der Waals surface area contributed by atoms with Crippen molar-refractivity contribution in [2.75, 3.05) is 25.1 Å². The maximum atomic E-state index is 13.1. The molecule has 1 aliphatic heterocycles. The first-order valence-corrected chi connectivity index (χ1v) is 9.60. The summed E-state index contributed by atoms with van der Waals surface area (Å²) in [5, 5.41) is 8.96. The number of rotatable bonds is 7. The van der Waals surface area contributed by atoms with Gasteiger partial charge < -0.3 is 14.6 Å². The van der Waals surface area contributed by atoms with Crippen LogP contribution < -0.4 is 13.8 Å². The lowest BCUT2D eigenvalue weighted by Crippen LogP contribution is -2.30. The number of sulfonamides is 1. The van der Waals surface area contributed by atoms with Gasteiger partial charge in [0, 0.05) is 30.6 Å². The van der Waals surface area contributed by atoms with Crippen LogP contribution in [-0.4, -0.2) is 50.2 Å². The largest absolute Gasteiger partial charge is 0.497 e. The topological polar surface area (TPSA) is 119 Å². The number of aliphatic carboxylic acids is 1. The molecule has 9 nitrogen and oxygen atoms in total. The number of nitrogens with zero attached hydrogens (tertiary/aromatic N) is 3. The van der Waals surface area contributed by atoms with E-state index in [-0.39, 0.29) is 42.0 Å². The van der Waals surface area contributed by atoms with Crippen LogP contribution in [0.5, 0.6) is 11.8 Å². The van der Waals surface area contributed by atoms with E-state index in [0.29, 0.717) is 11.3 Å². The van der Waals surface area contributed by atoms with Gasteiger partial charge in [-0.25, -0.2) is 17.7 Å². The van der Waals surface area contributed by atoms with Gasteiger partial charge in [0.15, 0.2) is 5.82 Å². The summed E-state index contributed by atoms with van der Waals surface area (Å²) in [7, 11) is -1.00. The third kappa shape index (κ3) is 3.65. The minimum atomic E-state index is -3.89. The lowest BCUT2D eigenvalue weighted by Gasteiger charge is -2.19. The first-order chi connectivity index (χ1) is 12.9. The summed E-state index contributed by atoms with van der Waals surface area (Å²) < 4.78 is 37.6. The molecule has 0 saturated heterocycles. The van der Waals surface area contributed by atoms with Crippen LogP contribution in [0.25, 0.3) is 0 Å². The molecule has 1 unspecified atom stereocenters. The van der Waals surface area contributed by atoms with Crippen molar-refractivity contribution in [3.8, 4) is 11.8 Å². The van der Waals surface area contributed by atoms with Gasteiger partial charge in [-0.15, -0.1) is 0 Å². The van der Waals surface area contributed by atoms with Crippen molar-refractivity contribution < 1.29 is 27.8 Å². The molecule has 2 aromatic rings. The van der Waals surface area contributed by atoms with E-state index in [2.05, 4.69) is 9.97 Å². The van der Waals surface area contributed by atoms with Crippen molar-refractivity contribution in [1.29, 1.82) is 0 Å². The molecular weight excluding hydrogens is 374 g/mol. The predicted octanol–water partition coefficient (Wildman–Crippen LogP) is 1.65. The summed E-state index contributed by atoms with van der Waals surface area (Å²) in [4.78, 5) is 19.3. The van der Waals surface area contributed by atoms with E-state index in [0.717, 1.165) is 0 Å². The third-order valence-electron chi connectivity index (χ3n) is 4.37. The summed E-state index contributed by atoms with van der Waals surface area (Å²) in [6.45, 7) is 0.0961. The van der Waals surface area contributed by atoms with Crippen LogP contribution in [0, 0.1) is 0 Å². The van der Waals surface area contributed by atoms with Crippen molar-refractivity contribution in [1.82, 2.24) is 9.97 Å². The quantitative estimate of drug-likeness (QED) is 0.754. The fourth-order valence-electron chi connectivity index (χ4n) is 2.97. The molecule has 3 rings (SSSR count). The van der Waals surface area contributed by atoms with Crippen molar-refractivity contribution >= 4 is 21.8 Å². The maximum absolute atomic E-state index is 13.1. The Bertz CT molecular complexity index is 946. The predicted molar refractivity (Wildman–Crippen MR) is 95.7 cm³/mol. The number of hydrogen-bond acceptors (Lipinski definition) is 7. The average Bonchev–Trinajstić information content (AvgIpc) is 3.05. The van der Waals surface area contributed by atoms with Crippen LogP contribution in [0.2, 0.25) is 0 Å². The lowest BCUT2D eigenvalue weighted by atomic mass is 9.99. The molecule has 1 aromatic heterocycles. The van der Waals surface area contributed by atoms with Gasteiger partial charge in [-0.05, 0) is 30.7 Å². The van der Waals surface area contributed by atoms with Gasteiger partial charge in [0.1, 0.15) is 5.75 Å². The minimum Gasteiger partial charge on any atom is -0.497 e. The monoisotopic (exact) mass is 393 g/mol. The van der Waals surface area contributed by atoms with Gasteiger partial charge >= 0.3 is 12.0 Å². The van der Waals surface area contributed by atoms with Gasteiger partial charge in [0.25, 0.3) is 10.0 Å². The van der Waals surface area contributed by atoms with Crippen LogP contribution >= 0.6 is 0 Å². The molecule has 144 valence electrons. The summed E-state index contributed by atoms with van der Waals surface area (Å²) in [5.74, 6) is -0.496. The Labute approximate surface area is 156 Å². The van der Waals surface area contributed by atoms with Crippen molar-refractivity contribution in [2.24, 2.45) is 0 Å². The first-order valence-electron chi connectivity index (χ1n) is 8.16. The molecule has 0 fully saturated rings. The molecule has 27 heavy (non-hydrogen) atoms. The Morgan fingerprint density at radius 2 is 1.96 bits per heavy atom. The highest BCUT2D eigenvalue weighted by atomic mass is 32.2. The highest BCUT2D eigenvalue weighted by Gasteiger charge is 2.38. The van der Waals surface area contributed by atoms with E-state index in [1.54, 1.807) is 12.1 Å². The van der Waals surface area contributed by atoms with Crippen molar-refractivity contribution in [3.63, 3.8) is 0 Å². The summed E-state index contributed by atoms with van der Waals surface area (Å²) in [6, 6.07) is 6.08. The van der Waals surface area contributed by atoms with Crippen LogP contribution in [0.15, 0.2) is 35.4 Å². The molecule has 0 radical (unpaired) electrons. The molecule has 10 heteroatoms. The number of aromatic nitrogens is 2. The highest BCUT2D eigenvalue weighted by Crippen LogP contribution is 2.40. The van der Waals surface area contributed by atoms with E-state index >= 15 is 0 Å². The van der Waals surface area contributed by atoms with E-state index in [4.69, 9.17) is 14.6 Å². The molecule has 1 atom stereocenters. The molecular formula is C17H19N3O6S. The van der Waals surface area contributed by atoms with E-state index < -0.39 is 16.0 Å². The second-order valence-corrected chi connectivity index (χ2v) is 7.84. The Hall–Kier alpha value is -2.88. The smallest absolute Gasteiger partial charge is 0.318 e. The summed E-state index contributed by atoms with van der Waals surface area (Å²) in [6.07, 6.45) is 1.70. The fraction of sp³-hybridized carbons (Fsp3) is 0.353. The Balaban J connectivity index is 2.00. The standard InChI is InChI=1S/C17H19N3O6S/c1-25-12-4-6-13(7-5-12)27(23,24)20-10-11(3-8-15(21)22)14-9-18-17(26-2)19-16(14)20/h4-7,9,11H,3,8,10H2,1-2H3,(H,21,22). The van der Waals surface area contributed by atoms with Crippen LogP contribution in [0.4, 0.5) is 5.82 Å². The number of carboxylic acid groups (broad SMARTS) is 1. The minimum absolute atomic E-state index is 0.0440. The van der Waals surface area contributed by atoms with Crippen LogP contribution in [0.3, 0.4) is 0 Å². The van der Waals surface area contributed by atoms with Crippen molar-refractivity contribution in [2.45, 2.75) is 23.7 Å². The molecule has 2 heterocycles. The van der Waals surface area contributed by atoms with Gasteiger partial charge in [0.05, 0.1) is 19.1 Å².